The van der Waals surface area contributed by atoms with Crippen molar-refractivity contribution in [3.8, 4) is 0 Å². The molecule has 0 radical (unpaired) electrons. The van der Waals surface area contributed by atoms with Crippen molar-refractivity contribution < 1.29 is 20.1 Å². The van der Waals surface area contributed by atoms with E-state index < -0.39 is 18.2 Å². The number of hydrogen-bond acceptors (Lipinski definition) is 4. The van der Waals surface area contributed by atoms with Crippen molar-refractivity contribution in [3.63, 3.8) is 0 Å². The van der Waals surface area contributed by atoms with Crippen LogP contribution in [-0.2, 0) is 4.79 Å². The van der Waals surface area contributed by atoms with Gasteiger partial charge in [-0.3, -0.25) is 4.79 Å². The first-order chi connectivity index (χ1) is 30.0. The standard InChI is InChI=1S/C56H111NO4/c1-3-5-7-9-11-13-15-17-19-21-23-25-27-28-29-31-33-35-37-39-41-43-45-47-49-53(59)51-56(61)57-54(52-58)55(60)50-48-46-44-42-40-38-36-34-32-30-26-24-22-20-18-16-14-12-10-8-6-4-2/h28-29,53-55,58-60H,3-27,30-52H2,1-2H3,(H,57,61)/b29-28-. The minimum Gasteiger partial charge on any atom is -0.394 e. The third-order valence-corrected chi connectivity index (χ3v) is 13.3. The van der Waals surface area contributed by atoms with Gasteiger partial charge < -0.3 is 20.6 Å². The lowest BCUT2D eigenvalue weighted by Gasteiger charge is -2.23. The minimum atomic E-state index is -0.749. The predicted molar refractivity (Wildman–Crippen MR) is 269 cm³/mol. The molecule has 364 valence electrons. The largest absolute Gasteiger partial charge is 0.394 e. The van der Waals surface area contributed by atoms with E-state index in [9.17, 15) is 20.1 Å². The van der Waals surface area contributed by atoms with Crippen LogP contribution in [0.25, 0.3) is 0 Å². The monoisotopic (exact) mass is 862 g/mol. The highest BCUT2D eigenvalue weighted by Gasteiger charge is 2.21. The lowest BCUT2D eigenvalue weighted by atomic mass is 10.0. The zero-order valence-electron chi connectivity index (χ0n) is 41.6. The van der Waals surface area contributed by atoms with Crippen LogP contribution in [0.1, 0.15) is 316 Å². The molecule has 0 aliphatic heterocycles. The molecule has 0 aromatic carbocycles. The Labute approximate surface area is 382 Å². The minimum absolute atomic E-state index is 0.0381. The first-order valence-corrected chi connectivity index (χ1v) is 28.0. The summed E-state index contributed by atoms with van der Waals surface area (Å²) in [7, 11) is 0. The topological polar surface area (TPSA) is 89.8 Å². The van der Waals surface area contributed by atoms with E-state index in [1.807, 2.05) is 0 Å². The SMILES string of the molecule is CCCCCCCCCCCCCC/C=C\CCCCCCCCCCC(O)CC(=O)NC(CO)C(O)CCCCCCCCCCCCCCCCCCCCCCCC. The van der Waals surface area contributed by atoms with Gasteiger partial charge in [-0.05, 0) is 38.5 Å². The summed E-state index contributed by atoms with van der Waals surface area (Å²) < 4.78 is 0. The normalized spacial score (nSPS) is 13.3. The number of aliphatic hydroxyl groups is 3. The van der Waals surface area contributed by atoms with E-state index in [4.69, 9.17) is 0 Å². The Morgan fingerprint density at radius 1 is 0.393 bits per heavy atom. The molecular weight excluding hydrogens is 751 g/mol. The van der Waals surface area contributed by atoms with Crippen LogP contribution >= 0.6 is 0 Å². The van der Waals surface area contributed by atoms with Crippen molar-refractivity contribution in [2.45, 2.75) is 334 Å². The summed E-state index contributed by atoms with van der Waals surface area (Å²) in [5.41, 5.74) is 0. The van der Waals surface area contributed by atoms with E-state index in [1.165, 1.54) is 257 Å². The molecule has 0 rings (SSSR count). The molecule has 0 heterocycles. The van der Waals surface area contributed by atoms with Crippen LogP contribution in [-0.4, -0.2) is 46.1 Å². The highest BCUT2D eigenvalue weighted by atomic mass is 16.3. The number of aliphatic hydroxyl groups excluding tert-OH is 3. The van der Waals surface area contributed by atoms with Crippen molar-refractivity contribution in [2.75, 3.05) is 6.61 Å². The van der Waals surface area contributed by atoms with Crippen LogP contribution < -0.4 is 5.32 Å². The highest BCUT2D eigenvalue weighted by molar-refractivity contribution is 5.76. The van der Waals surface area contributed by atoms with Gasteiger partial charge in [-0.15, -0.1) is 0 Å². The average molecular weight is 863 g/mol. The summed E-state index contributed by atoms with van der Waals surface area (Å²) in [6.45, 7) is 4.30. The Morgan fingerprint density at radius 3 is 0.951 bits per heavy atom. The number of carbonyl (C=O) groups is 1. The fourth-order valence-electron chi connectivity index (χ4n) is 9.05. The maximum atomic E-state index is 12.5. The quantitative estimate of drug-likeness (QED) is 0.0362. The molecule has 0 aromatic heterocycles. The second-order valence-corrected chi connectivity index (χ2v) is 19.6. The van der Waals surface area contributed by atoms with Crippen molar-refractivity contribution in [1.82, 2.24) is 5.32 Å². The Hall–Kier alpha value is -0.910. The van der Waals surface area contributed by atoms with Gasteiger partial charge in [0, 0.05) is 0 Å². The number of carbonyl (C=O) groups excluding carboxylic acids is 1. The maximum absolute atomic E-state index is 12.5. The molecule has 0 saturated heterocycles. The molecule has 5 heteroatoms. The number of hydrogen-bond donors (Lipinski definition) is 4. The summed E-state index contributed by atoms with van der Waals surface area (Å²) in [4.78, 5) is 12.5. The Kier molecular flexibility index (Phi) is 51.0. The summed E-state index contributed by atoms with van der Waals surface area (Å²) in [6.07, 6.45) is 63.6. The molecule has 0 bridgehead atoms. The zero-order chi connectivity index (χ0) is 44.4. The molecule has 3 unspecified atom stereocenters. The molecule has 61 heavy (non-hydrogen) atoms. The summed E-state index contributed by atoms with van der Waals surface area (Å²) in [5.74, 6) is -0.279. The molecule has 5 nitrogen and oxygen atoms in total. The number of amides is 1. The molecule has 0 spiro atoms. The third kappa shape index (κ3) is 48.4. The Balaban J connectivity index is 3.52. The Bertz CT molecular complexity index is 864. The summed E-state index contributed by atoms with van der Waals surface area (Å²) in [6, 6.07) is -0.658. The van der Waals surface area contributed by atoms with Gasteiger partial charge >= 0.3 is 0 Å². The third-order valence-electron chi connectivity index (χ3n) is 13.3. The molecular formula is C56H111NO4. The second-order valence-electron chi connectivity index (χ2n) is 19.6. The number of unbranched alkanes of at least 4 members (excludes halogenated alkanes) is 41. The van der Waals surface area contributed by atoms with Gasteiger partial charge in [0.2, 0.25) is 5.91 Å². The van der Waals surface area contributed by atoms with E-state index in [1.54, 1.807) is 0 Å². The molecule has 3 atom stereocenters. The van der Waals surface area contributed by atoms with E-state index in [0.29, 0.717) is 12.8 Å². The smallest absolute Gasteiger partial charge is 0.222 e. The van der Waals surface area contributed by atoms with Gasteiger partial charge in [-0.1, -0.05) is 283 Å². The Morgan fingerprint density at radius 2 is 0.656 bits per heavy atom. The van der Waals surface area contributed by atoms with Gasteiger partial charge in [0.15, 0.2) is 0 Å². The molecule has 4 N–H and O–H groups in total. The highest BCUT2D eigenvalue weighted by Crippen LogP contribution is 2.18. The molecule has 0 fully saturated rings. The van der Waals surface area contributed by atoms with Crippen molar-refractivity contribution in [2.24, 2.45) is 0 Å². The first-order valence-electron chi connectivity index (χ1n) is 28.0. The predicted octanol–water partition coefficient (Wildman–Crippen LogP) is 17.1. The lowest BCUT2D eigenvalue weighted by Crippen LogP contribution is -2.46. The van der Waals surface area contributed by atoms with Gasteiger partial charge in [0.05, 0.1) is 31.3 Å². The van der Waals surface area contributed by atoms with Crippen LogP contribution in [0, 0.1) is 0 Å². The van der Waals surface area contributed by atoms with Gasteiger partial charge in [0.25, 0.3) is 0 Å². The molecule has 0 aliphatic rings. The van der Waals surface area contributed by atoms with E-state index >= 15 is 0 Å². The van der Waals surface area contributed by atoms with Crippen LogP contribution in [0.2, 0.25) is 0 Å². The molecule has 0 saturated carbocycles. The second kappa shape index (κ2) is 51.7. The molecule has 1 amide bonds. The molecule has 0 aliphatic carbocycles. The average Bonchev–Trinajstić information content (AvgIpc) is 3.25. The van der Waals surface area contributed by atoms with Crippen molar-refractivity contribution in [3.05, 3.63) is 12.2 Å². The van der Waals surface area contributed by atoms with Crippen molar-refractivity contribution in [1.29, 1.82) is 0 Å². The number of rotatable bonds is 52. The van der Waals surface area contributed by atoms with Gasteiger partial charge in [-0.25, -0.2) is 0 Å². The van der Waals surface area contributed by atoms with E-state index in [0.717, 1.165) is 25.7 Å². The number of allylic oxidation sites excluding steroid dienone is 2. The molecule has 0 aromatic rings. The van der Waals surface area contributed by atoms with Crippen molar-refractivity contribution >= 4 is 5.91 Å². The van der Waals surface area contributed by atoms with E-state index in [2.05, 4.69) is 31.3 Å². The van der Waals surface area contributed by atoms with Crippen LogP contribution in [0.15, 0.2) is 12.2 Å². The summed E-state index contributed by atoms with van der Waals surface area (Å²) in [5, 5.41) is 33.6. The van der Waals surface area contributed by atoms with Crippen LogP contribution in [0.5, 0.6) is 0 Å². The summed E-state index contributed by atoms with van der Waals surface area (Å²) >= 11 is 0. The lowest BCUT2D eigenvalue weighted by molar-refractivity contribution is -0.125. The maximum Gasteiger partial charge on any atom is 0.222 e. The fourth-order valence-corrected chi connectivity index (χ4v) is 9.05. The van der Waals surface area contributed by atoms with Gasteiger partial charge in [-0.2, -0.15) is 0 Å². The fraction of sp³-hybridized carbons (Fsp3) is 0.946. The van der Waals surface area contributed by atoms with Crippen LogP contribution in [0.3, 0.4) is 0 Å². The first kappa shape index (κ1) is 60.1. The van der Waals surface area contributed by atoms with Gasteiger partial charge in [0.1, 0.15) is 0 Å². The van der Waals surface area contributed by atoms with Crippen LogP contribution in [0.4, 0.5) is 0 Å². The van der Waals surface area contributed by atoms with E-state index in [-0.39, 0.29) is 18.9 Å². The zero-order valence-corrected chi connectivity index (χ0v) is 41.6. The number of nitrogens with one attached hydrogen (secondary N) is 1.